The first-order chi connectivity index (χ1) is 16.4. The zero-order valence-electron chi connectivity index (χ0n) is 19.9. The van der Waals surface area contributed by atoms with Crippen LogP contribution in [0, 0.1) is 5.92 Å². The van der Waals surface area contributed by atoms with Crippen LogP contribution in [-0.2, 0) is 27.3 Å². The highest BCUT2D eigenvalue weighted by Gasteiger charge is 2.25. The van der Waals surface area contributed by atoms with Crippen molar-refractivity contribution in [2.75, 3.05) is 38.6 Å². The molecule has 3 aromatic rings. The van der Waals surface area contributed by atoms with Crippen LogP contribution in [0.3, 0.4) is 0 Å². The van der Waals surface area contributed by atoms with Gasteiger partial charge in [-0.25, -0.2) is 14.8 Å². The monoisotopic (exact) mass is 481 g/mol. The molecule has 1 aliphatic rings. The molecule has 1 amide bonds. The van der Waals surface area contributed by atoms with E-state index < -0.39 is 6.04 Å². The second-order valence-corrected chi connectivity index (χ2v) is 9.64. The number of methoxy groups -OCH3 is 1. The maximum Gasteiger partial charge on any atom is 0.328 e. The van der Waals surface area contributed by atoms with Crippen molar-refractivity contribution in [2.24, 2.45) is 5.92 Å². The fraction of sp³-hybridized carbons (Fsp3) is 0.440. The van der Waals surface area contributed by atoms with Gasteiger partial charge in [0.25, 0.3) is 0 Å². The summed E-state index contributed by atoms with van der Waals surface area (Å²) in [7, 11) is 1.40. The normalized spacial score (nSPS) is 15.5. The second-order valence-electron chi connectivity index (χ2n) is 8.86. The van der Waals surface area contributed by atoms with Gasteiger partial charge in [0.15, 0.2) is 0 Å². The Hall–Kier alpha value is -3.04. The lowest BCUT2D eigenvalue weighted by molar-refractivity contribution is -0.142. The van der Waals surface area contributed by atoms with E-state index in [1.165, 1.54) is 7.11 Å². The highest BCUT2D eigenvalue weighted by atomic mass is 32.1. The predicted octanol–water partition coefficient (Wildman–Crippen LogP) is 3.19. The summed E-state index contributed by atoms with van der Waals surface area (Å²) in [6.07, 6.45) is 0.462. The summed E-state index contributed by atoms with van der Waals surface area (Å²) >= 11 is 1.62. The van der Waals surface area contributed by atoms with Gasteiger partial charge in [-0.05, 0) is 40.4 Å². The third kappa shape index (κ3) is 5.71. The van der Waals surface area contributed by atoms with Gasteiger partial charge in [0.05, 0.1) is 25.6 Å². The van der Waals surface area contributed by atoms with Crippen LogP contribution in [0.5, 0.6) is 0 Å². The summed E-state index contributed by atoms with van der Waals surface area (Å²) in [5.41, 5.74) is 1.90. The van der Waals surface area contributed by atoms with Gasteiger partial charge in [-0.15, -0.1) is 0 Å². The quantitative estimate of drug-likeness (QED) is 0.495. The van der Waals surface area contributed by atoms with E-state index in [2.05, 4.69) is 10.2 Å². The number of rotatable bonds is 8. The number of thiophene rings is 1. The van der Waals surface area contributed by atoms with Gasteiger partial charge < -0.3 is 15.0 Å². The standard InChI is InChI=1S/C25H31N5O3S/c1-17(2)23(25(32)33-3)28-24-19-6-4-5-7-20(19)26-21(27-24)15-29-9-11-30(12-10-29)22(31)14-18-8-13-34-16-18/h4-8,13,16-17,23H,9-12,14-15H2,1-3H3,(H,26,27,28). The van der Waals surface area contributed by atoms with Gasteiger partial charge in [-0.1, -0.05) is 26.0 Å². The van der Waals surface area contributed by atoms with Crippen molar-refractivity contribution in [3.8, 4) is 0 Å². The molecule has 3 heterocycles. The van der Waals surface area contributed by atoms with Crippen molar-refractivity contribution in [3.63, 3.8) is 0 Å². The van der Waals surface area contributed by atoms with Crippen LogP contribution >= 0.6 is 11.3 Å². The number of carbonyl (C=O) groups is 2. The lowest BCUT2D eigenvalue weighted by atomic mass is 10.0. The number of nitrogens with zero attached hydrogens (tertiary/aromatic N) is 4. The lowest BCUT2D eigenvalue weighted by Crippen LogP contribution is -2.48. The minimum Gasteiger partial charge on any atom is -0.467 e. The average Bonchev–Trinajstić information content (AvgIpc) is 3.35. The number of amides is 1. The summed E-state index contributed by atoms with van der Waals surface area (Å²) in [6.45, 7) is 7.45. The number of benzene rings is 1. The Kier molecular flexibility index (Phi) is 7.74. The highest BCUT2D eigenvalue weighted by Crippen LogP contribution is 2.23. The van der Waals surface area contributed by atoms with E-state index in [1.807, 2.05) is 59.8 Å². The molecule has 0 spiro atoms. The molecular formula is C25H31N5O3S. The number of piperazine rings is 1. The number of carbonyl (C=O) groups excluding carboxylic acids is 2. The molecule has 180 valence electrons. The smallest absolute Gasteiger partial charge is 0.328 e. The molecule has 0 radical (unpaired) electrons. The van der Waals surface area contributed by atoms with Crippen molar-refractivity contribution < 1.29 is 14.3 Å². The summed E-state index contributed by atoms with van der Waals surface area (Å²) in [4.78, 5) is 38.7. The van der Waals surface area contributed by atoms with E-state index in [1.54, 1.807) is 11.3 Å². The summed E-state index contributed by atoms with van der Waals surface area (Å²) in [6, 6.07) is 9.29. The third-order valence-corrected chi connectivity index (χ3v) is 6.82. The second kappa shape index (κ2) is 10.9. The van der Waals surface area contributed by atoms with Gasteiger partial charge in [-0.2, -0.15) is 11.3 Å². The van der Waals surface area contributed by atoms with E-state index in [4.69, 9.17) is 14.7 Å². The molecule has 1 aliphatic heterocycles. The minimum atomic E-state index is -0.506. The average molecular weight is 482 g/mol. The number of anilines is 1. The molecule has 1 fully saturated rings. The topological polar surface area (TPSA) is 87.7 Å². The fourth-order valence-corrected chi connectivity index (χ4v) is 4.78. The van der Waals surface area contributed by atoms with Crippen molar-refractivity contribution >= 4 is 39.9 Å². The Bertz CT molecular complexity index is 1130. The summed E-state index contributed by atoms with van der Waals surface area (Å²) in [5, 5.41) is 8.19. The van der Waals surface area contributed by atoms with Crippen LogP contribution in [0.1, 0.15) is 25.2 Å². The van der Waals surface area contributed by atoms with Crippen molar-refractivity contribution in [3.05, 3.63) is 52.5 Å². The molecule has 2 aromatic heterocycles. The number of fused-ring (bicyclic) bond motifs is 1. The highest BCUT2D eigenvalue weighted by molar-refractivity contribution is 7.08. The maximum absolute atomic E-state index is 12.6. The molecule has 4 rings (SSSR count). The maximum atomic E-state index is 12.6. The van der Waals surface area contributed by atoms with Crippen LogP contribution in [0.15, 0.2) is 41.1 Å². The molecule has 9 heteroatoms. The molecule has 0 bridgehead atoms. The van der Waals surface area contributed by atoms with Crippen molar-refractivity contribution in [1.29, 1.82) is 0 Å². The van der Waals surface area contributed by atoms with E-state index in [-0.39, 0.29) is 17.8 Å². The van der Waals surface area contributed by atoms with Gasteiger partial charge in [-0.3, -0.25) is 9.69 Å². The number of para-hydroxylation sites is 1. The minimum absolute atomic E-state index is 0.0318. The zero-order chi connectivity index (χ0) is 24.1. The molecule has 8 nitrogen and oxygen atoms in total. The predicted molar refractivity (Wildman–Crippen MR) is 134 cm³/mol. The molecular weight excluding hydrogens is 450 g/mol. The molecule has 34 heavy (non-hydrogen) atoms. The van der Waals surface area contributed by atoms with Crippen LogP contribution < -0.4 is 5.32 Å². The Labute approximate surface area is 203 Å². The lowest BCUT2D eigenvalue weighted by Gasteiger charge is -2.34. The van der Waals surface area contributed by atoms with E-state index >= 15 is 0 Å². The van der Waals surface area contributed by atoms with E-state index in [0.29, 0.717) is 37.7 Å². The fourth-order valence-electron chi connectivity index (χ4n) is 4.11. The van der Waals surface area contributed by atoms with Crippen LogP contribution in [0.25, 0.3) is 10.9 Å². The molecule has 1 atom stereocenters. The first-order valence-corrected chi connectivity index (χ1v) is 12.5. The number of ether oxygens (including phenoxy) is 1. The Balaban J connectivity index is 1.45. The van der Waals surface area contributed by atoms with Crippen LogP contribution in [-0.4, -0.2) is 71.0 Å². The molecule has 1 saturated heterocycles. The molecule has 0 aliphatic carbocycles. The van der Waals surface area contributed by atoms with Gasteiger partial charge in [0.2, 0.25) is 5.91 Å². The van der Waals surface area contributed by atoms with Crippen LogP contribution in [0.2, 0.25) is 0 Å². The third-order valence-electron chi connectivity index (χ3n) is 6.09. The van der Waals surface area contributed by atoms with Gasteiger partial charge in [0, 0.05) is 31.6 Å². The van der Waals surface area contributed by atoms with Crippen molar-refractivity contribution in [2.45, 2.75) is 32.9 Å². The number of nitrogens with one attached hydrogen (secondary N) is 1. The molecule has 0 saturated carbocycles. The van der Waals surface area contributed by atoms with Gasteiger partial charge >= 0.3 is 5.97 Å². The molecule has 1 unspecified atom stereocenters. The largest absolute Gasteiger partial charge is 0.467 e. The first kappa shape index (κ1) is 24.1. The first-order valence-electron chi connectivity index (χ1n) is 11.6. The van der Waals surface area contributed by atoms with Crippen LogP contribution in [0.4, 0.5) is 5.82 Å². The van der Waals surface area contributed by atoms with E-state index in [9.17, 15) is 9.59 Å². The molecule has 1 aromatic carbocycles. The van der Waals surface area contributed by atoms with Gasteiger partial charge in [0.1, 0.15) is 17.7 Å². The number of hydrogen-bond donors (Lipinski definition) is 1. The zero-order valence-corrected chi connectivity index (χ0v) is 20.7. The van der Waals surface area contributed by atoms with Crippen molar-refractivity contribution in [1.82, 2.24) is 19.8 Å². The summed E-state index contributed by atoms with van der Waals surface area (Å²) in [5.74, 6) is 1.21. The Morgan fingerprint density at radius 1 is 1.12 bits per heavy atom. The number of hydrogen-bond acceptors (Lipinski definition) is 8. The number of esters is 1. The summed E-state index contributed by atoms with van der Waals surface area (Å²) < 4.78 is 4.99. The molecule has 1 N–H and O–H groups in total. The van der Waals surface area contributed by atoms with E-state index in [0.717, 1.165) is 29.6 Å². The Morgan fingerprint density at radius 3 is 2.56 bits per heavy atom. The Morgan fingerprint density at radius 2 is 1.88 bits per heavy atom. The SMILES string of the molecule is COC(=O)C(Nc1nc(CN2CCN(C(=O)Cc3ccsc3)CC2)nc2ccccc12)C(C)C. The number of aromatic nitrogens is 2.